The standard InChI is InChI=1S/C27H30N2O6/c1-16-7-9-20-17(13-16)14-22(35-20)25(30)23-24(19-15-18(33-4)8-10-21(19)34-5)29(27(32)26(23)31)12-6-11-28(2)3/h7-10,13-15,24,31H,6,11-12H2,1-5H3. The van der Waals surface area contributed by atoms with E-state index in [1.807, 2.05) is 38.1 Å². The van der Waals surface area contributed by atoms with Crippen LogP contribution in [0, 0.1) is 6.92 Å². The summed E-state index contributed by atoms with van der Waals surface area (Å²) in [6.07, 6.45) is 0.653. The van der Waals surface area contributed by atoms with Crippen molar-refractivity contribution in [2.45, 2.75) is 19.4 Å². The molecule has 8 heteroatoms. The maximum atomic E-state index is 13.8. The molecule has 1 amide bonds. The van der Waals surface area contributed by atoms with Crippen molar-refractivity contribution >= 4 is 22.7 Å². The number of hydrogen-bond acceptors (Lipinski definition) is 7. The molecule has 0 saturated heterocycles. The monoisotopic (exact) mass is 478 g/mol. The summed E-state index contributed by atoms with van der Waals surface area (Å²) in [4.78, 5) is 30.5. The zero-order valence-corrected chi connectivity index (χ0v) is 20.6. The molecule has 1 N–H and O–H groups in total. The summed E-state index contributed by atoms with van der Waals surface area (Å²) >= 11 is 0. The number of aliphatic hydroxyl groups excluding tert-OH is 1. The van der Waals surface area contributed by atoms with Crippen molar-refractivity contribution in [2.75, 3.05) is 41.4 Å². The van der Waals surface area contributed by atoms with Gasteiger partial charge in [0, 0.05) is 17.5 Å². The Balaban J connectivity index is 1.82. The highest BCUT2D eigenvalue weighted by atomic mass is 16.5. The zero-order valence-electron chi connectivity index (χ0n) is 20.6. The van der Waals surface area contributed by atoms with E-state index in [1.54, 1.807) is 30.3 Å². The predicted molar refractivity (Wildman–Crippen MR) is 132 cm³/mol. The van der Waals surface area contributed by atoms with Crippen LogP contribution >= 0.6 is 0 Å². The number of furan rings is 1. The first kappa shape index (κ1) is 24.3. The zero-order chi connectivity index (χ0) is 25.3. The van der Waals surface area contributed by atoms with Gasteiger partial charge in [0.05, 0.1) is 25.8 Å². The second-order valence-corrected chi connectivity index (χ2v) is 8.91. The molecule has 0 aliphatic carbocycles. The van der Waals surface area contributed by atoms with Gasteiger partial charge in [0.15, 0.2) is 11.5 Å². The van der Waals surface area contributed by atoms with Crippen LogP contribution in [0.4, 0.5) is 0 Å². The summed E-state index contributed by atoms with van der Waals surface area (Å²) < 4.78 is 16.8. The molecule has 1 aromatic heterocycles. The van der Waals surface area contributed by atoms with Crippen LogP contribution in [0.3, 0.4) is 0 Å². The van der Waals surface area contributed by atoms with E-state index in [9.17, 15) is 14.7 Å². The van der Waals surface area contributed by atoms with Crippen molar-refractivity contribution in [3.8, 4) is 11.5 Å². The van der Waals surface area contributed by atoms with Crippen molar-refractivity contribution in [3.05, 3.63) is 70.7 Å². The molecule has 0 bridgehead atoms. The van der Waals surface area contributed by atoms with E-state index in [0.29, 0.717) is 35.6 Å². The maximum absolute atomic E-state index is 13.8. The Hall–Kier alpha value is -3.78. The minimum absolute atomic E-state index is 0.0396. The SMILES string of the molecule is COc1ccc(OC)c(C2C(C(=O)c3cc4cc(C)ccc4o3)=C(O)C(=O)N2CCCN(C)C)c1. The maximum Gasteiger partial charge on any atom is 0.290 e. The van der Waals surface area contributed by atoms with E-state index in [0.717, 1.165) is 17.5 Å². The van der Waals surface area contributed by atoms with Crippen LogP contribution in [0.1, 0.15) is 34.1 Å². The van der Waals surface area contributed by atoms with E-state index < -0.39 is 23.5 Å². The number of hydrogen-bond donors (Lipinski definition) is 1. The Labute approximate surface area is 204 Å². The number of ether oxygens (including phenoxy) is 2. The second-order valence-electron chi connectivity index (χ2n) is 8.91. The van der Waals surface area contributed by atoms with Crippen molar-refractivity contribution in [2.24, 2.45) is 0 Å². The van der Waals surface area contributed by atoms with Gasteiger partial charge >= 0.3 is 0 Å². The highest BCUT2D eigenvalue weighted by Gasteiger charge is 2.45. The van der Waals surface area contributed by atoms with Crippen molar-refractivity contribution in [1.29, 1.82) is 0 Å². The summed E-state index contributed by atoms with van der Waals surface area (Å²) in [7, 11) is 6.95. The first-order chi connectivity index (χ1) is 16.7. The minimum atomic E-state index is -0.864. The van der Waals surface area contributed by atoms with E-state index in [-0.39, 0.29) is 11.3 Å². The van der Waals surface area contributed by atoms with Gasteiger partial charge in [-0.25, -0.2) is 0 Å². The number of fused-ring (bicyclic) bond motifs is 1. The van der Waals surface area contributed by atoms with E-state index in [1.165, 1.54) is 19.1 Å². The first-order valence-corrected chi connectivity index (χ1v) is 11.4. The number of carbonyl (C=O) groups excluding carboxylic acids is 2. The van der Waals surface area contributed by atoms with Gasteiger partial charge in [-0.05, 0) is 70.4 Å². The van der Waals surface area contributed by atoms with Crippen molar-refractivity contribution < 1.29 is 28.6 Å². The third-order valence-corrected chi connectivity index (χ3v) is 6.18. The fourth-order valence-corrected chi connectivity index (χ4v) is 4.46. The third-order valence-electron chi connectivity index (χ3n) is 6.18. The van der Waals surface area contributed by atoms with Gasteiger partial charge in [0.25, 0.3) is 5.91 Å². The van der Waals surface area contributed by atoms with Gasteiger partial charge in [-0.1, -0.05) is 11.6 Å². The predicted octanol–water partition coefficient (Wildman–Crippen LogP) is 4.29. The quantitative estimate of drug-likeness (QED) is 0.459. The molecule has 0 spiro atoms. The summed E-state index contributed by atoms with van der Waals surface area (Å²) in [5.41, 5.74) is 2.09. The lowest BCUT2D eigenvalue weighted by Gasteiger charge is -2.28. The van der Waals surface area contributed by atoms with Gasteiger partial charge in [0.2, 0.25) is 5.78 Å². The molecule has 1 aliphatic heterocycles. The van der Waals surface area contributed by atoms with Gasteiger partial charge in [-0.3, -0.25) is 9.59 Å². The normalized spacial score (nSPS) is 16.0. The molecular formula is C27H30N2O6. The molecule has 0 radical (unpaired) electrons. The summed E-state index contributed by atoms with van der Waals surface area (Å²) in [6.45, 7) is 3.02. The molecule has 184 valence electrons. The fraction of sp³-hybridized carbons (Fsp3) is 0.333. The van der Waals surface area contributed by atoms with E-state index in [4.69, 9.17) is 13.9 Å². The molecule has 4 rings (SSSR count). The molecular weight excluding hydrogens is 448 g/mol. The largest absolute Gasteiger partial charge is 0.503 e. The van der Waals surface area contributed by atoms with Crippen LogP contribution in [0.5, 0.6) is 11.5 Å². The number of methoxy groups -OCH3 is 2. The molecule has 1 unspecified atom stereocenters. The number of ketones is 1. The Bertz CT molecular complexity index is 1310. The van der Waals surface area contributed by atoms with Crippen LogP contribution < -0.4 is 9.47 Å². The molecule has 2 aromatic carbocycles. The average Bonchev–Trinajstić information content (AvgIpc) is 3.37. The molecule has 2 heterocycles. The van der Waals surface area contributed by atoms with Crippen LogP contribution in [-0.2, 0) is 4.79 Å². The van der Waals surface area contributed by atoms with Crippen molar-refractivity contribution in [1.82, 2.24) is 9.80 Å². The lowest BCUT2D eigenvalue weighted by molar-refractivity contribution is -0.129. The molecule has 0 fully saturated rings. The van der Waals surface area contributed by atoms with Crippen LogP contribution in [0.2, 0.25) is 0 Å². The smallest absolute Gasteiger partial charge is 0.290 e. The van der Waals surface area contributed by atoms with Gasteiger partial charge in [-0.2, -0.15) is 0 Å². The Morgan fingerprint density at radius 2 is 1.89 bits per heavy atom. The number of Topliss-reactive ketones (excluding diaryl/α,β-unsaturated/α-hetero) is 1. The molecule has 8 nitrogen and oxygen atoms in total. The van der Waals surface area contributed by atoms with Crippen LogP contribution in [0.15, 0.2) is 58.2 Å². The fourth-order valence-electron chi connectivity index (χ4n) is 4.46. The van der Waals surface area contributed by atoms with Gasteiger partial charge < -0.3 is 28.8 Å². The summed E-state index contributed by atoms with van der Waals surface area (Å²) in [5, 5.41) is 11.7. The second kappa shape index (κ2) is 9.84. The number of aliphatic hydroxyl groups is 1. The van der Waals surface area contributed by atoms with Crippen molar-refractivity contribution in [3.63, 3.8) is 0 Å². The molecule has 0 saturated carbocycles. The lowest BCUT2D eigenvalue weighted by atomic mass is 9.94. The Morgan fingerprint density at radius 1 is 1.11 bits per heavy atom. The number of benzene rings is 2. The van der Waals surface area contributed by atoms with Gasteiger partial charge in [-0.15, -0.1) is 0 Å². The Kier molecular flexibility index (Phi) is 6.84. The molecule has 1 aliphatic rings. The van der Waals surface area contributed by atoms with E-state index >= 15 is 0 Å². The van der Waals surface area contributed by atoms with Crippen LogP contribution in [-0.4, -0.2) is 68.0 Å². The highest BCUT2D eigenvalue weighted by molar-refractivity contribution is 6.16. The third kappa shape index (κ3) is 4.61. The first-order valence-electron chi connectivity index (χ1n) is 11.4. The number of carbonyl (C=O) groups is 2. The minimum Gasteiger partial charge on any atom is -0.503 e. The lowest BCUT2D eigenvalue weighted by Crippen LogP contribution is -2.33. The van der Waals surface area contributed by atoms with Gasteiger partial charge in [0.1, 0.15) is 17.1 Å². The topological polar surface area (TPSA) is 92.4 Å². The Morgan fingerprint density at radius 3 is 2.57 bits per heavy atom. The molecule has 3 aromatic rings. The summed E-state index contributed by atoms with van der Waals surface area (Å²) in [5.74, 6) is -0.655. The summed E-state index contributed by atoms with van der Waals surface area (Å²) in [6, 6.07) is 11.6. The number of rotatable bonds is 9. The average molecular weight is 479 g/mol. The number of amides is 1. The van der Waals surface area contributed by atoms with Crippen LogP contribution in [0.25, 0.3) is 11.0 Å². The number of aryl methyl sites for hydroxylation is 1. The molecule has 35 heavy (non-hydrogen) atoms. The van der Waals surface area contributed by atoms with E-state index in [2.05, 4.69) is 0 Å². The molecule has 1 atom stereocenters. The number of nitrogens with zero attached hydrogens (tertiary/aromatic N) is 2. The highest BCUT2D eigenvalue weighted by Crippen LogP contribution is 2.44.